The van der Waals surface area contributed by atoms with Crippen LogP contribution >= 0.6 is 0 Å². The second-order valence-electron chi connectivity index (χ2n) is 4.08. The monoisotopic (exact) mass is 225 g/mol. The number of rotatable bonds is 3. The Kier molecular flexibility index (Phi) is 3.41. The number of benzene rings is 1. The lowest BCUT2D eigenvalue weighted by Crippen LogP contribution is -2.16. The average Bonchev–Trinajstić information content (AvgIpc) is 2.73. The molecule has 0 unspecified atom stereocenters. The first-order chi connectivity index (χ1) is 7.66. The van der Waals surface area contributed by atoms with E-state index in [-0.39, 0.29) is 18.0 Å². The highest BCUT2D eigenvalue weighted by atomic mass is 19.1. The van der Waals surface area contributed by atoms with E-state index in [0.29, 0.717) is 17.9 Å². The molecule has 2 atom stereocenters. The minimum absolute atomic E-state index is 0.0754. The topological polar surface area (TPSA) is 44.5 Å². The quantitative estimate of drug-likeness (QED) is 0.855. The molecule has 1 heterocycles. The van der Waals surface area contributed by atoms with Crippen molar-refractivity contribution in [3.8, 4) is 5.75 Å². The van der Waals surface area contributed by atoms with E-state index in [2.05, 4.69) is 0 Å². The Morgan fingerprint density at radius 2 is 2.38 bits per heavy atom. The van der Waals surface area contributed by atoms with E-state index in [9.17, 15) is 4.39 Å². The number of nitrogens with two attached hydrogens (primary N) is 1. The molecule has 88 valence electrons. The molecular formula is C12H16FNO2. The fourth-order valence-electron chi connectivity index (χ4n) is 1.74. The van der Waals surface area contributed by atoms with Crippen molar-refractivity contribution in [2.75, 3.05) is 13.2 Å². The van der Waals surface area contributed by atoms with Gasteiger partial charge in [-0.15, -0.1) is 0 Å². The van der Waals surface area contributed by atoms with Crippen LogP contribution in [-0.2, 0) is 4.74 Å². The van der Waals surface area contributed by atoms with Crippen LogP contribution in [0.15, 0.2) is 18.2 Å². The van der Waals surface area contributed by atoms with Crippen LogP contribution in [0.4, 0.5) is 4.39 Å². The third-order valence-corrected chi connectivity index (χ3v) is 2.65. The lowest BCUT2D eigenvalue weighted by molar-refractivity contribution is 0.141. The molecule has 0 spiro atoms. The Bertz CT molecular complexity index is 362. The predicted molar refractivity (Wildman–Crippen MR) is 58.9 cm³/mol. The summed E-state index contributed by atoms with van der Waals surface area (Å²) in [4.78, 5) is 0. The highest BCUT2D eigenvalue weighted by molar-refractivity contribution is 5.31. The van der Waals surface area contributed by atoms with Crippen LogP contribution in [0.25, 0.3) is 0 Å². The summed E-state index contributed by atoms with van der Waals surface area (Å²) >= 11 is 0. The highest BCUT2D eigenvalue weighted by Crippen LogP contribution is 2.23. The maximum Gasteiger partial charge on any atom is 0.128 e. The molecule has 1 saturated heterocycles. The van der Waals surface area contributed by atoms with Gasteiger partial charge in [0.05, 0.1) is 13.2 Å². The van der Waals surface area contributed by atoms with Gasteiger partial charge in [0, 0.05) is 18.0 Å². The number of hydrogen-bond acceptors (Lipinski definition) is 3. The third-order valence-electron chi connectivity index (χ3n) is 2.65. The number of ether oxygens (including phenoxy) is 2. The van der Waals surface area contributed by atoms with Gasteiger partial charge in [0.25, 0.3) is 0 Å². The van der Waals surface area contributed by atoms with E-state index in [4.69, 9.17) is 15.2 Å². The molecule has 0 radical (unpaired) electrons. The van der Waals surface area contributed by atoms with Crippen LogP contribution in [0.3, 0.4) is 0 Å². The van der Waals surface area contributed by atoms with Gasteiger partial charge in [0.1, 0.15) is 17.7 Å². The summed E-state index contributed by atoms with van der Waals surface area (Å²) in [5.74, 6) is 0.370. The standard InChI is InChI=1S/C12H16FNO2/c1-8(14)11-6-9(2-3-12(11)13)16-10-4-5-15-7-10/h2-3,6,8,10H,4-5,7,14H2,1H3/t8-,10+/m0/s1. The highest BCUT2D eigenvalue weighted by Gasteiger charge is 2.18. The SMILES string of the molecule is C[C@H](N)c1cc(O[C@@H]2CCOC2)ccc1F. The van der Waals surface area contributed by atoms with Crippen molar-refractivity contribution in [1.82, 2.24) is 0 Å². The summed E-state index contributed by atoms with van der Waals surface area (Å²) in [5, 5.41) is 0. The molecule has 1 aliphatic rings. The molecule has 16 heavy (non-hydrogen) atoms. The van der Waals surface area contributed by atoms with Crippen molar-refractivity contribution in [2.45, 2.75) is 25.5 Å². The molecule has 0 aromatic heterocycles. The van der Waals surface area contributed by atoms with Gasteiger partial charge in [0.2, 0.25) is 0 Å². The van der Waals surface area contributed by atoms with Crippen LogP contribution in [0.5, 0.6) is 5.75 Å². The Morgan fingerprint density at radius 3 is 3.00 bits per heavy atom. The molecule has 0 amide bonds. The van der Waals surface area contributed by atoms with Crippen LogP contribution in [0.2, 0.25) is 0 Å². The zero-order valence-corrected chi connectivity index (χ0v) is 9.28. The van der Waals surface area contributed by atoms with E-state index < -0.39 is 0 Å². The average molecular weight is 225 g/mol. The molecule has 1 aliphatic heterocycles. The molecular weight excluding hydrogens is 209 g/mol. The van der Waals surface area contributed by atoms with Gasteiger partial charge in [-0.1, -0.05) is 0 Å². The van der Waals surface area contributed by atoms with Crippen molar-refractivity contribution in [3.63, 3.8) is 0 Å². The molecule has 1 aromatic carbocycles. The second-order valence-corrected chi connectivity index (χ2v) is 4.08. The molecule has 0 bridgehead atoms. The van der Waals surface area contributed by atoms with Crippen molar-refractivity contribution >= 4 is 0 Å². The smallest absolute Gasteiger partial charge is 0.128 e. The zero-order chi connectivity index (χ0) is 11.5. The third kappa shape index (κ3) is 2.51. The molecule has 4 heteroatoms. The first-order valence-electron chi connectivity index (χ1n) is 5.46. The maximum atomic E-state index is 13.4. The normalized spacial score (nSPS) is 22.1. The minimum atomic E-state index is -0.330. The van der Waals surface area contributed by atoms with Gasteiger partial charge in [-0.2, -0.15) is 0 Å². The van der Waals surface area contributed by atoms with Gasteiger partial charge in [0.15, 0.2) is 0 Å². The van der Waals surface area contributed by atoms with Crippen molar-refractivity contribution in [3.05, 3.63) is 29.6 Å². The van der Waals surface area contributed by atoms with E-state index in [1.54, 1.807) is 19.1 Å². The van der Waals surface area contributed by atoms with E-state index in [1.165, 1.54) is 6.07 Å². The molecule has 0 aliphatic carbocycles. The predicted octanol–water partition coefficient (Wildman–Crippen LogP) is 2.01. The summed E-state index contributed by atoms with van der Waals surface area (Å²) in [7, 11) is 0. The fourth-order valence-corrected chi connectivity index (χ4v) is 1.74. The van der Waals surface area contributed by atoms with Crippen molar-refractivity contribution < 1.29 is 13.9 Å². The summed E-state index contributed by atoms with van der Waals surface area (Å²) in [6.45, 7) is 3.08. The molecule has 1 fully saturated rings. The Labute approximate surface area is 94.3 Å². The first-order valence-corrected chi connectivity index (χ1v) is 5.46. The summed E-state index contributed by atoms with van der Waals surface area (Å²) < 4.78 is 24.3. The van der Waals surface area contributed by atoms with Gasteiger partial charge in [-0.3, -0.25) is 0 Å². The van der Waals surface area contributed by atoms with E-state index >= 15 is 0 Å². The summed E-state index contributed by atoms with van der Waals surface area (Å²) in [5.41, 5.74) is 6.15. The molecule has 0 saturated carbocycles. The van der Waals surface area contributed by atoms with Crippen LogP contribution in [0.1, 0.15) is 24.9 Å². The number of halogens is 1. The van der Waals surface area contributed by atoms with Gasteiger partial charge in [-0.05, 0) is 25.1 Å². The first kappa shape index (κ1) is 11.4. The van der Waals surface area contributed by atoms with Crippen molar-refractivity contribution in [2.24, 2.45) is 5.73 Å². The van der Waals surface area contributed by atoms with Crippen molar-refractivity contribution in [1.29, 1.82) is 0 Å². The molecule has 2 rings (SSSR count). The Morgan fingerprint density at radius 1 is 1.56 bits per heavy atom. The maximum absolute atomic E-state index is 13.4. The lowest BCUT2D eigenvalue weighted by Gasteiger charge is -2.14. The minimum Gasteiger partial charge on any atom is -0.488 e. The Balaban J connectivity index is 2.12. The largest absolute Gasteiger partial charge is 0.488 e. The molecule has 1 aromatic rings. The zero-order valence-electron chi connectivity index (χ0n) is 9.28. The lowest BCUT2D eigenvalue weighted by atomic mass is 10.1. The van der Waals surface area contributed by atoms with Gasteiger partial charge < -0.3 is 15.2 Å². The second kappa shape index (κ2) is 4.80. The summed E-state index contributed by atoms with van der Waals surface area (Å²) in [6.07, 6.45) is 0.955. The van der Waals surface area contributed by atoms with Gasteiger partial charge in [-0.25, -0.2) is 4.39 Å². The Hall–Kier alpha value is -1.13. The van der Waals surface area contributed by atoms with Crippen LogP contribution < -0.4 is 10.5 Å². The van der Waals surface area contributed by atoms with Crippen LogP contribution in [-0.4, -0.2) is 19.3 Å². The summed E-state index contributed by atoms with van der Waals surface area (Å²) in [6, 6.07) is 4.35. The van der Waals surface area contributed by atoms with Crippen LogP contribution in [0, 0.1) is 5.82 Å². The fraction of sp³-hybridized carbons (Fsp3) is 0.500. The number of hydrogen-bond donors (Lipinski definition) is 1. The van der Waals surface area contributed by atoms with E-state index in [0.717, 1.165) is 13.0 Å². The molecule has 3 nitrogen and oxygen atoms in total. The van der Waals surface area contributed by atoms with Gasteiger partial charge >= 0.3 is 0 Å². The molecule has 2 N–H and O–H groups in total. The van der Waals surface area contributed by atoms with E-state index in [1.807, 2.05) is 0 Å².